The highest BCUT2D eigenvalue weighted by Crippen LogP contribution is 2.26. The van der Waals surface area contributed by atoms with Gasteiger partial charge in [0.2, 0.25) is 0 Å². The average molecular weight is 282 g/mol. The molecule has 0 radical (unpaired) electrons. The second-order valence-corrected chi connectivity index (χ2v) is 5.07. The van der Waals surface area contributed by atoms with Gasteiger partial charge in [-0.25, -0.2) is 4.98 Å². The maximum absolute atomic E-state index is 12.0. The van der Waals surface area contributed by atoms with Crippen LogP contribution < -0.4 is 5.56 Å². The lowest BCUT2D eigenvalue weighted by Gasteiger charge is -2.00. The Bertz CT molecular complexity index is 845. The number of hydrogen-bond acceptors (Lipinski definition) is 4. The Morgan fingerprint density at radius 2 is 2.10 bits per heavy atom. The Balaban J connectivity index is 2.18. The minimum atomic E-state index is -0.224. The van der Waals surface area contributed by atoms with Crippen LogP contribution in [0.2, 0.25) is 0 Å². The molecule has 0 aliphatic heterocycles. The molecule has 0 aliphatic rings. The number of H-pyrrole nitrogens is 2. The highest BCUT2D eigenvalue weighted by Gasteiger charge is 2.11. The molecule has 3 aromatic rings. The van der Waals surface area contributed by atoms with Gasteiger partial charge < -0.3 is 4.98 Å². The number of nitrogens with one attached hydrogen (secondary N) is 2. The van der Waals surface area contributed by atoms with E-state index in [-0.39, 0.29) is 11.3 Å². The lowest BCUT2D eigenvalue weighted by atomic mass is 10.1. The largest absolute Gasteiger partial charge is 0.355 e. The third kappa shape index (κ3) is 2.19. The fourth-order valence-corrected chi connectivity index (χ4v) is 2.52. The van der Waals surface area contributed by atoms with Crippen LogP contribution in [0.3, 0.4) is 0 Å². The topological polar surface area (TPSA) is 85.3 Å². The predicted molar refractivity (Wildman–Crippen MR) is 78.5 cm³/mol. The molecule has 2 aromatic heterocycles. The second-order valence-electron chi connectivity index (χ2n) is 4.11. The third-order valence-corrected chi connectivity index (χ3v) is 3.61. The summed E-state index contributed by atoms with van der Waals surface area (Å²) in [6.07, 6.45) is 1.78. The number of nitriles is 1. The minimum absolute atomic E-state index is 0.224. The Morgan fingerprint density at radius 3 is 2.85 bits per heavy atom. The number of fused-ring (bicyclic) bond motifs is 1. The maximum atomic E-state index is 12.0. The molecular formula is C14H10N4OS. The molecule has 0 amide bonds. The molecule has 1 aromatic carbocycles. The van der Waals surface area contributed by atoms with E-state index in [0.717, 1.165) is 11.1 Å². The molecule has 0 atom stereocenters. The number of rotatable bonds is 3. The van der Waals surface area contributed by atoms with Crippen molar-refractivity contribution in [2.45, 2.75) is 5.16 Å². The zero-order valence-electron chi connectivity index (χ0n) is 10.4. The molecule has 0 aliphatic carbocycles. The van der Waals surface area contributed by atoms with E-state index < -0.39 is 0 Å². The smallest absolute Gasteiger partial charge is 0.275 e. The van der Waals surface area contributed by atoms with Gasteiger partial charge in [0.05, 0.1) is 11.8 Å². The second kappa shape index (κ2) is 5.23. The lowest BCUT2D eigenvalue weighted by molar-refractivity contribution is 0.974. The Morgan fingerprint density at radius 1 is 1.30 bits per heavy atom. The van der Waals surface area contributed by atoms with Crippen LogP contribution in [-0.4, -0.2) is 20.7 Å². The van der Waals surface area contributed by atoms with Gasteiger partial charge in [0, 0.05) is 11.8 Å². The molecule has 2 heterocycles. The number of benzene rings is 1. The molecule has 0 spiro atoms. The van der Waals surface area contributed by atoms with Crippen molar-refractivity contribution in [3.05, 3.63) is 46.9 Å². The summed E-state index contributed by atoms with van der Waals surface area (Å²) >= 11 is 1.22. The van der Waals surface area contributed by atoms with Gasteiger partial charge >= 0.3 is 0 Å². The molecule has 0 saturated carbocycles. The first-order valence-electron chi connectivity index (χ1n) is 5.96. The molecule has 3 rings (SSSR count). The van der Waals surface area contributed by atoms with E-state index in [1.54, 1.807) is 6.20 Å². The van der Waals surface area contributed by atoms with Gasteiger partial charge in [0.15, 0.2) is 5.16 Å². The number of thioether (sulfide) groups is 1. The van der Waals surface area contributed by atoms with Crippen molar-refractivity contribution >= 4 is 22.8 Å². The average Bonchev–Trinajstić information content (AvgIpc) is 2.90. The highest BCUT2D eigenvalue weighted by molar-refractivity contribution is 7.99. The first-order valence-corrected chi connectivity index (χ1v) is 6.94. The van der Waals surface area contributed by atoms with Crippen molar-refractivity contribution in [3.63, 3.8) is 0 Å². The van der Waals surface area contributed by atoms with E-state index in [4.69, 9.17) is 5.26 Å². The summed E-state index contributed by atoms with van der Waals surface area (Å²) in [5, 5.41) is 9.07. The molecule has 2 N–H and O–H groups in total. The number of hydrogen-bond donors (Lipinski definition) is 2. The van der Waals surface area contributed by atoms with E-state index >= 15 is 0 Å². The molecule has 98 valence electrons. The van der Waals surface area contributed by atoms with Gasteiger partial charge in [-0.15, -0.1) is 0 Å². The summed E-state index contributed by atoms with van der Waals surface area (Å²) in [4.78, 5) is 22.0. The van der Waals surface area contributed by atoms with Crippen molar-refractivity contribution in [2.75, 3.05) is 5.75 Å². The van der Waals surface area contributed by atoms with Gasteiger partial charge in [0.1, 0.15) is 11.0 Å². The van der Waals surface area contributed by atoms with Crippen LogP contribution in [0.1, 0.15) is 0 Å². The predicted octanol–water partition coefficient (Wildman–Crippen LogP) is 2.53. The minimum Gasteiger partial charge on any atom is -0.355 e. The first kappa shape index (κ1) is 12.5. The Hall–Kier alpha value is -2.52. The number of aromatic amines is 2. The van der Waals surface area contributed by atoms with Crippen molar-refractivity contribution in [1.29, 1.82) is 5.26 Å². The lowest BCUT2D eigenvalue weighted by Crippen LogP contribution is -2.09. The van der Waals surface area contributed by atoms with Gasteiger partial charge in [-0.3, -0.25) is 9.78 Å². The molecule has 0 unspecified atom stereocenters. The third-order valence-electron chi connectivity index (χ3n) is 2.87. The summed E-state index contributed by atoms with van der Waals surface area (Å²) < 4.78 is 0. The monoisotopic (exact) mass is 282 g/mol. The molecule has 0 fully saturated rings. The standard InChI is InChI=1S/C14H10N4OS/c15-6-7-20-14-17-11-10(9-4-2-1-3-5-9)8-16-12(11)13(19)18-14/h1-5,8,16H,7H2,(H,17,18,19). The van der Waals surface area contributed by atoms with Crippen molar-refractivity contribution in [1.82, 2.24) is 15.0 Å². The maximum Gasteiger partial charge on any atom is 0.275 e. The van der Waals surface area contributed by atoms with Crippen LogP contribution in [0, 0.1) is 11.3 Å². The van der Waals surface area contributed by atoms with E-state index in [2.05, 4.69) is 15.0 Å². The van der Waals surface area contributed by atoms with E-state index in [1.165, 1.54) is 11.8 Å². The van der Waals surface area contributed by atoms with Crippen LogP contribution >= 0.6 is 11.8 Å². The molecule has 6 heteroatoms. The molecule has 0 bridgehead atoms. The van der Waals surface area contributed by atoms with Gasteiger partial charge in [-0.1, -0.05) is 42.1 Å². The Kier molecular flexibility index (Phi) is 3.27. The normalized spacial score (nSPS) is 10.6. The van der Waals surface area contributed by atoms with Gasteiger partial charge in [0.25, 0.3) is 5.56 Å². The summed E-state index contributed by atoms with van der Waals surface area (Å²) in [7, 11) is 0. The number of aromatic nitrogens is 3. The van der Waals surface area contributed by atoms with Crippen LogP contribution in [0.4, 0.5) is 0 Å². The van der Waals surface area contributed by atoms with E-state index in [0.29, 0.717) is 16.2 Å². The van der Waals surface area contributed by atoms with Crippen molar-refractivity contribution in [2.24, 2.45) is 0 Å². The zero-order valence-corrected chi connectivity index (χ0v) is 11.2. The Labute approximate surface area is 118 Å². The first-order chi connectivity index (χ1) is 9.79. The molecule has 5 nitrogen and oxygen atoms in total. The summed E-state index contributed by atoms with van der Waals surface area (Å²) in [6.45, 7) is 0. The summed E-state index contributed by atoms with van der Waals surface area (Å²) in [6, 6.07) is 11.8. The fraction of sp³-hybridized carbons (Fsp3) is 0.0714. The van der Waals surface area contributed by atoms with Crippen LogP contribution in [0.15, 0.2) is 46.5 Å². The number of nitrogens with zero attached hydrogens (tertiary/aromatic N) is 2. The zero-order chi connectivity index (χ0) is 13.9. The SMILES string of the molecule is N#CCSc1nc2c(-c3ccccc3)c[nH]c2c(=O)[nH]1. The molecular weight excluding hydrogens is 272 g/mol. The molecule has 0 saturated heterocycles. The van der Waals surface area contributed by atoms with Gasteiger partial charge in [-0.2, -0.15) is 5.26 Å². The van der Waals surface area contributed by atoms with E-state index in [1.807, 2.05) is 36.4 Å². The summed E-state index contributed by atoms with van der Waals surface area (Å²) in [5.41, 5.74) is 2.72. The quantitative estimate of drug-likeness (QED) is 0.571. The summed E-state index contributed by atoms with van der Waals surface area (Å²) in [5.74, 6) is 0.250. The van der Waals surface area contributed by atoms with Crippen LogP contribution in [0.25, 0.3) is 22.2 Å². The van der Waals surface area contributed by atoms with Gasteiger partial charge in [-0.05, 0) is 5.56 Å². The van der Waals surface area contributed by atoms with Crippen LogP contribution in [-0.2, 0) is 0 Å². The van der Waals surface area contributed by atoms with Crippen molar-refractivity contribution < 1.29 is 0 Å². The van der Waals surface area contributed by atoms with E-state index in [9.17, 15) is 4.79 Å². The fourth-order valence-electron chi connectivity index (χ4n) is 2.00. The van der Waals surface area contributed by atoms with Crippen molar-refractivity contribution in [3.8, 4) is 17.2 Å². The molecule has 20 heavy (non-hydrogen) atoms. The van der Waals surface area contributed by atoms with Crippen LogP contribution in [0.5, 0.6) is 0 Å². The highest BCUT2D eigenvalue weighted by atomic mass is 32.2.